The zero-order valence-corrected chi connectivity index (χ0v) is 10.9. The van der Waals surface area contributed by atoms with Gasteiger partial charge >= 0.3 is 5.97 Å². The van der Waals surface area contributed by atoms with Crippen molar-refractivity contribution in [2.75, 3.05) is 0 Å². The number of halogens is 1. The molecule has 88 valence electrons. The minimum atomic E-state index is -0.871. The van der Waals surface area contributed by atoms with E-state index in [1.807, 2.05) is 35.0 Å². The van der Waals surface area contributed by atoms with E-state index in [1.54, 1.807) is 13.0 Å². The molecule has 0 unspecified atom stereocenters. The molecule has 1 aromatic heterocycles. The highest BCUT2D eigenvalue weighted by molar-refractivity contribution is 9.10. The summed E-state index contributed by atoms with van der Waals surface area (Å²) in [7, 11) is 0. The molecule has 0 atom stereocenters. The third-order valence-electron chi connectivity index (χ3n) is 2.66. The predicted molar refractivity (Wildman–Crippen MR) is 71.0 cm³/mol. The average Bonchev–Trinajstić information content (AvgIpc) is 2.67. The van der Waals surface area contributed by atoms with Gasteiger partial charge in [-0.05, 0) is 31.2 Å². The summed E-state index contributed by atoms with van der Waals surface area (Å²) in [5, 5.41) is 9.92. The second-order valence-corrected chi connectivity index (χ2v) is 4.78. The molecule has 1 aromatic carbocycles. The lowest BCUT2D eigenvalue weighted by molar-refractivity contribution is -0.132. The number of fused-ring (bicyclic) bond motifs is 1. The van der Waals surface area contributed by atoms with Crippen LogP contribution in [-0.4, -0.2) is 15.6 Å². The van der Waals surface area contributed by atoms with Gasteiger partial charge in [0.15, 0.2) is 0 Å². The molecule has 0 amide bonds. The van der Waals surface area contributed by atoms with Crippen molar-refractivity contribution in [1.82, 2.24) is 4.57 Å². The second kappa shape index (κ2) is 4.75. The number of nitrogens with zero attached hydrogens (tertiary/aromatic N) is 1. The van der Waals surface area contributed by atoms with Crippen molar-refractivity contribution >= 4 is 32.8 Å². The van der Waals surface area contributed by atoms with E-state index in [4.69, 9.17) is 5.11 Å². The largest absolute Gasteiger partial charge is 0.478 e. The molecule has 17 heavy (non-hydrogen) atoms. The minimum Gasteiger partial charge on any atom is -0.478 e. The van der Waals surface area contributed by atoms with Crippen LogP contribution in [0.1, 0.15) is 6.92 Å². The van der Waals surface area contributed by atoms with Gasteiger partial charge in [-0.15, -0.1) is 0 Å². The van der Waals surface area contributed by atoms with E-state index in [0.29, 0.717) is 12.1 Å². The van der Waals surface area contributed by atoms with Crippen molar-refractivity contribution in [2.24, 2.45) is 0 Å². The van der Waals surface area contributed by atoms with Gasteiger partial charge in [0, 0.05) is 33.7 Å². The number of aromatic nitrogens is 1. The third-order valence-corrected chi connectivity index (χ3v) is 3.16. The Labute approximate surface area is 107 Å². The lowest BCUT2D eigenvalue weighted by Gasteiger charge is -2.02. The van der Waals surface area contributed by atoms with Gasteiger partial charge in [0.25, 0.3) is 0 Å². The lowest BCUT2D eigenvalue weighted by Crippen LogP contribution is -1.99. The molecule has 0 aliphatic rings. The van der Waals surface area contributed by atoms with Crippen LogP contribution in [0.25, 0.3) is 10.9 Å². The van der Waals surface area contributed by atoms with E-state index in [-0.39, 0.29) is 0 Å². The molecule has 0 fully saturated rings. The molecule has 1 N–H and O–H groups in total. The Morgan fingerprint density at radius 1 is 1.47 bits per heavy atom. The molecule has 0 saturated carbocycles. The fourth-order valence-electron chi connectivity index (χ4n) is 1.65. The molecule has 0 radical (unpaired) electrons. The molecule has 2 rings (SSSR count). The molecule has 0 spiro atoms. The smallest absolute Gasteiger partial charge is 0.331 e. The fraction of sp³-hybridized carbons (Fsp3) is 0.154. The number of carboxylic acid groups (broad SMARTS) is 1. The van der Waals surface area contributed by atoms with E-state index in [0.717, 1.165) is 15.4 Å². The van der Waals surface area contributed by atoms with E-state index < -0.39 is 5.97 Å². The highest BCUT2D eigenvalue weighted by Gasteiger charge is 2.02. The van der Waals surface area contributed by atoms with Crippen LogP contribution in [-0.2, 0) is 11.3 Å². The number of allylic oxidation sites excluding steroid dienone is 1. The Morgan fingerprint density at radius 3 is 2.94 bits per heavy atom. The van der Waals surface area contributed by atoms with Crippen LogP contribution in [0.3, 0.4) is 0 Å². The Hall–Kier alpha value is -1.55. The SMILES string of the molecule is CC(=CCn1ccc2cc(Br)ccc21)C(=O)O. The Morgan fingerprint density at radius 2 is 2.24 bits per heavy atom. The summed E-state index contributed by atoms with van der Waals surface area (Å²) in [6.07, 6.45) is 3.67. The quantitative estimate of drug-likeness (QED) is 0.881. The number of hydrogen-bond donors (Lipinski definition) is 1. The molecule has 0 aliphatic heterocycles. The summed E-state index contributed by atoms with van der Waals surface area (Å²) < 4.78 is 3.06. The minimum absolute atomic E-state index is 0.365. The number of rotatable bonds is 3. The maximum Gasteiger partial charge on any atom is 0.331 e. The molecule has 3 nitrogen and oxygen atoms in total. The molecule has 2 aromatic rings. The van der Waals surface area contributed by atoms with Crippen molar-refractivity contribution in [3.05, 3.63) is 46.6 Å². The first-order valence-corrected chi connectivity index (χ1v) is 6.01. The molecule has 4 heteroatoms. The molecule has 0 bridgehead atoms. The van der Waals surface area contributed by atoms with Crippen molar-refractivity contribution in [3.8, 4) is 0 Å². The number of hydrogen-bond acceptors (Lipinski definition) is 1. The highest BCUT2D eigenvalue weighted by Crippen LogP contribution is 2.20. The normalized spacial score (nSPS) is 12.0. The van der Waals surface area contributed by atoms with E-state index in [9.17, 15) is 4.79 Å². The van der Waals surface area contributed by atoms with Gasteiger partial charge in [-0.25, -0.2) is 4.79 Å². The fourth-order valence-corrected chi connectivity index (χ4v) is 2.03. The number of aliphatic carboxylic acids is 1. The summed E-state index contributed by atoms with van der Waals surface area (Å²) in [6.45, 7) is 2.17. The zero-order valence-electron chi connectivity index (χ0n) is 9.35. The van der Waals surface area contributed by atoms with Gasteiger partial charge in [0.05, 0.1) is 0 Å². The Balaban J connectivity index is 2.31. The third kappa shape index (κ3) is 2.58. The van der Waals surface area contributed by atoms with Crippen molar-refractivity contribution in [2.45, 2.75) is 13.5 Å². The molecule has 0 saturated heterocycles. The van der Waals surface area contributed by atoms with Crippen LogP contribution in [0.15, 0.2) is 46.6 Å². The van der Waals surface area contributed by atoms with Crippen molar-refractivity contribution in [1.29, 1.82) is 0 Å². The Kier molecular flexibility index (Phi) is 3.33. The van der Waals surface area contributed by atoms with Gasteiger partial charge in [0.2, 0.25) is 0 Å². The van der Waals surface area contributed by atoms with Crippen LogP contribution >= 0.6 is 15.9 Å². The van der Waals surface area contributed by atoms with Gasteiger partial charge in [-0.1, -0.05) is 22.0 Å². The number of carboxylic acids is 1. The zero-order chi connectivity index (χ0) is 12.4. The van der Waals surface area contributed by atoms with Crippen molar-refractivity contribution in [3.63, 3.8) is 0 Å². The lowest BCUT2D eigenvalue weighted by atomic mass is 10.2. The van der Waals surface area contributed by atoms with Crippen LogP contribution in [0.5, 0.6) is 0 Å². The summed E-state index contributed by atoms with van der Waals surface area (Å²) in [6, 6.07) is 8.06. The van der Waals surface area contributed by atoms with Gasteiger partial charge in [-0.3, -0.25) is 0 Å². The highest BCUT2D eigenvalue weighted by atomic mass is 79.9. The molecular formula is C13H12BrNO2. The second-order valence-electron chi connectivity index (χ2n) is 3.86. The van der Waals surface area contributed by atoms with Gasteiger partial charge in [0.1, 0.15) is 0 Å². The standard InChI is InChI=1S/C13H12BrNO2/c1-9(13(16)17)4-6-15-7-5-10-8-11(14)2-3-12(10)15/h2-5,7-8H,6H2,1H3,(H,16,17). The molecule has 0 aliphatic carbocycles. The van der Waals surface area contributed by atoms with Gasteiger partial charge < -0.3 is 9.67 Å². The van der Waals surface area contributed by atoms with Crippen LogP contribution < -0.4 is 0 Å². The van der Waals surface area contributed by atoms with Crippen LogP contribution in [0, 0.1) is 0 Å². The molecular weight excluding hydrogens is 282 g/mol. The van der Waals surface area contributed by atoms with Crippen molar-refractivity contribution < 1.29 is 9.90 Å². The van der Waals surface area contributed by atoms with E-state index in [1.165, 1.54) is 0 Å². The predicted octanol–water partition coefficient (Wildman–Crippen LogP) is 3.43. The maximum absolute atomic E-state index is 10.7. The summed E-state index contributed by atoms with van der Waals surface area (Å²) >= 11 is 3.42. The Bertz CT molecular complexity index is 598. The van der Waals surface area contributed by atoms with Gasteiger partial charge in [-0.2, -0.15) is 0 Å². The molecule has 1 heterocycles. The summed E-state index contributed by atoms with van der Waals surface area (Å²) in [5.74, 6) is -0.871. The van der Waals surface area contributed by atoms with E-state index >= 15 is 0 Å². The number of carbonyl (C=O) groups is 1. The van der Waals surface area contributed by atoms with Crippen LogP contribution in [0.4, 0.5) is 0 Å². The maximum atomic E-state index is 10.7. The van der Waals surface area contributed by atoms with E-state index in [2.05, 4.69) is 15.9 Å². The summed E-state index contributed by atoms with van der Waals surface area (Å²) in [5.41, 5.74) is 1.46. The topological polar surface area (TPSA) is 42.2 Å². The monoisotopic (exact) mass is 293 g/mol. The first kappa shape index (κ1) is 11.9. The first-order chi connectivity index (χ1) is 8.08. The average molecular weight is 294 g/mol. The van der Waals surface area contributed by atoms with Crippen LogP contribution in [0.2, 0.25) is 0 Å². The first-order valence-electron chi connectivity index (χ1n) is 5.22. The summed E-state index contributed by atoms with van der Waals surface area (Å²) in [4.78, 5) is 10.7. The number of benzene rings is 1.